The molecule has 14 heavy (non-hydrogen) atoms. The lowest BCUT2D eigenvalue weighted by Crippen LogP contribution is -2.29. The summed E-state index contributed by atoms with van der Waals surface area (Å²) in [5.41, 5.74) is 0. The maximum atomic E-state index is 11.0. The molecular formula is C8H10O6. The topological polar surface area (TPSA) is 101 Å². The summed E-state index contributed by atoms with van der Waals surface area (Å²) in [4.78, 5) is 32.0. The minimum atomic E-state index is -1.33. The van der Waals surface area contributed by atoms with E-state index in [9.17, 15) is 14.4 Å². The molecule has 6 heteroatoms. The molecule has 0 aliphatic carbocycles. The van der Waals surface area contributed by atoms with Crippen molar-refractivity contribution in [2.24, 2.45) is 11.8 Å². The second kappa shape index (κ2) is 3.65. The molecule has 0 radical (unpaired) electrons. The minimum Gasteiger partial charge on any atom is -0.481 e. The summed E-state index contributed by atoms with van der Waals surface area (Å²) < 4.78 is 4.55. The lowest BCUT2D eigenvalue weighted by Gasteiger charge is -2.12. The maximum absolute atomic E-state index is 11.0. The molecule has 0 aromatic heterocycles. The van der Waals surface area contributed by atoms with Crippen LogP contribution in [0.1, 0.15) is 13.3 Å². The van der Waals surface area contributed by atoms with Crippen LogP contribution in [0.25, 0.3) is 0 Å². The molecule has 3 unspecified atom stereocenters. The van der Waals surface area contributed by atoms with Gasteiger partial charge in [-0.2, -0.15) is 0 Å². The Labute approximate surface area is 79.5 Å². The largest absolute Gasteiger partial charge is 0.481 e. The Hall–Kier alpha value is -1.59. The molecule has 1 saturated heterocycles. The Morgan fingerprint density at radius 2 is 2.00 bits per heavy atom. The van der Waals surface area contributed by atoms with Crippen molar-refractivity contribution < 1.29 is 29.3 Å². The highest BCUT2D eigenvalue weighted by molar-refractivity contribution is 5.85. The number of esters is 1. The Balaban J connectivity index is 2.81. The van der Waals surface area contributed by atoms with E-state index in [4.69, 9.17) is 10.2 Å². The van der Waals surface area contributed by atoms with Crippen LogP contribution in [0.3, 0.4) is 0 Å². The molecule has 1 heterocycles. The molecule has 0 saturated carbocycles. The fourth-order valence-electron chi connectivity index (χ4n) is 1.48. The van der Waals surface area contributed by atoms with E-state index < -0.39 is 35.8 Å². The van der Waals surface area contributed by atoms with Gasteiger partial charge in [0.15, 0.2) is 0 Å². The zero-order valence-corrected chi connectivity index (χ0v) is 7.47. The van der Waals surface area contributed by atoms with Gasteiger partial charge in [-0.15, -0.1) is 0 Å². The highest BCUT2D eigenvalue weighted by Gasteiger charge is 2.46. The van der Waals surface area contributed by atoms with E-state index in [0.29, 0.717) is 0 Å². The van der Waals surface area contributed by atoms with Crippen LogP contribution < -0.4 is 0 Å². The molecule has 0 bridgehead atoms. The summed E-state index contributed by atoms with van der Waals surface area (Å²) in [6.45, 7) is 1.47. The Morgan fingerprint density at radius 1 is 1.43 bits per heavy atom. The van der Waals surface area contributed by atoms with Crippen LogP contribution in [0, 0.1) is 11.8 Å². The van der Waals surface area contributed by atoms with Crippen LogP contribution in [-0.2, 0) is 19.1 Å². The molecule has 0 spiro atoms. The number of cyclic esters (lactones) is 1. The van der Waals surface area contributed by atoms with E-state index in [2.05, 4.69) is 4.74 Å². The molecule has 0 aromatic rings. The second-order valence-electron chi connectivity index (χ2n) is 3.25. The summed E-state index contributed by atoms with van der Waals surface area (Å²) in [5.74, 6) is -4.53. The van der Waals surface area contributed by atoms with E-state index >= 15 is 0 Å². The smallest absolute Gasteiger partial charge is 0.345 e. The summed E-state index contributed by atoms with van der Waals surface area (Å²) >= 11 is 0. The van der Waals surface area contributed by atoms with Crippen molar-refractivity contribution >= 4 is 17.9 Å². The quantitative estimate of drug-likeness (QED) is 0.610. The maximum Gasteiger partial charge on any atom is 0.345 e. The van der Waals surface area contributed by atoms with Crippen molar-refractivity contribution in [1.82, 2.24) is 0 Å². The van der Waals surface area contributed by atoms with Crippen molar-refractivity contribution in [2.45, 2.75) is 19.4 Å². The van der Waals surface area contributed by atoms with Crippen molar-refractivity contribution in [2.75, 3.05) is 0 Å². The van der Waals surface area contributed by atoms with Crippen molar-refractivity contribution in [3.63, 3.8) is 0 Å². The monoisotopic (exact) mass is 202 g/mol. The third-order valence-corrected chi connectivity index (χ3v) is 2.30. The lowest BCUT2D eigenvalue weighted by molar-refractivity contribution is -0.159. The Morgan fingerprint density at radius 3 is 2.43 bits per heavy atom. The standard InChI is InChI=1S/C8H10O6/c1-3-4(2-5(9)10)6(7(11)12)14-8(3)13/h3-4,6H,2H2,1H3,(H,9,10)(H,11,12). The summed E-state index contributed by atoms with van der Waals surface area (Å²) in [6.07, 6.45) is -1.70. The van der Waals surface area contributed by atoms with E-state index in [1.54, 1.807) is 0 Å². The van der Waals surface area contributed by atoms with E-state index in [0.717, 1.165) is 0 Å². The molecule has 78 valence electrons. The number of carbonyl (C=O) groups excluding carboxylic acids is 1. The van der Waals surface area contributed by atoms with Gasteiger partial charge in [-0.1, -0.05) is 6.92 Å². The number of hydrogen-bond acceptors (Lipinski definition) is 4. The van der Waals surface area contributed by atoms with Gasteiger partial charge in [0.1, 0.15) is 0 Å². The molecule has 1 fully saturated rings. The molecular weight excluding hydrogens is 192 g/mol. The van der Waals surface area contributed by atoms with Gasteiger partial charge in [-0.05, 0) is 0 Å². The van der Waals surface area contributed by atoms with Gasteiger partial charge in [0.2, 0.25) is 6.10 Å². The molecule has 1 rings (SSSR count). The van der Waals surface area contributed by atoms with Crippen LogP contribution in [0.4, 0.5) is 0 Å². The average Bonchev–Trinajstić information content (AvgIpc) is 2.32. The Kier molecular flexibility index (Phi) is 2.73. The average molecular weight is 202 g/mol. The first kappa shape index (κ1) is 10.5. The van der Waals surface area contributed by atoms with Crippen molar-refractivity contribution in [3.8, 4) is 0 Å². The predicted molar refractivity (Wildman–Crippen MR) is 42.4 cm³/mol. The number of ether oxygens (including phenoxy) is 1. The van der Waals surface area contributed by atoms with Gasteiger partial charge in [-0.25, -0.2) is 4.79 Å². The van der Waals surface area contributed by atoms with Gasteiger partial charge in [0, 0.05) is 5.92 Å². The summed E-state index contributed by atoms with van der Waals surface area (Å²) in [7, 11) is 0. The van der Waals surface area contributed by atoms with Crippen LogP contribution in [0.5, 0.6) is 0 Å². The third-order valence-electron chi connectivity index (χ3n) is 2.30. The van der Waals surface area contributed by atoms with Gasteiger partial charge < -0.3 is 14.9 Å². The van der Waals surface area contributed by atoms with E-state index in [1.807, 2.05) is 0 Å². The highest BCUT2D eigenvalue weighted by Crippen LogP contribution is 2.30. The van der Waals surface area contributed by atoms with Crippen LogP contribution in [0.2, 0.25) is 0 Å². The first-order chi connectivity index (χ1) is 6.43. The molecule has 1 aliphatic rings. The first-order valence-electron chi connectivity index (χ1n) is 4.08. The van der Waals surface area contributed by atoms with Crippen LogP contribution in [0.15, 0.2) is 0 Å². The SMILES string of the molecule is CC1C(=O)OC(C(=O)O)C1CC(=O)O. The lowest BCUT2D eigenvalue weighted by atomic mass is 9.89. The minimum absolute atomic E-state index is 0.371. The normalized spacial score (nSPS) is 31.2. The van der Waals surface area contributed by atoms with Crippen LogP contribution >= 0.6 is 0 Å². The van der Waals surface area contributed by atoms with Gasteiger partial charge in [-0.3, -0.25) is 9.59 Å². The second-order valence-corrected chi connectivity index (χ2v) is 3.25. The van der Waals surface area contributed by atoms with Gasteiger partial charge in [0.05, 0.1) is 12.3 Å². The number of rotatable bonds is 3. The first-order valence-corrected chi connectivity index (χ1v) is 4.08. The van der Waals surface area contributed by atoms with E-state index in [-0.39, 0.29) is 6.42 Å². The molecule has 1 aliphatic heterocycles. The molecule has 0 amide bonds. The molecule has 0 aromatic carbocycles. The molecule has 3 atom stereocenters. The van der Waals surface area contributed by atoms with Crippen molar-refractivity contribution in [3.05, 3.63) is 0 Å². The molecule has 6 nitrogen and oxygen atoms in total. The number of carboxylic acids is 2. The fraction of sp³-hybridized carbons (Fsp3) is 0.625. The van der Waals surface area contributed by atoms with E-state index in [1.165, 1.54) is 6.92 Å². The third kappa shape index (κ3) is 1.84. The van der Waals surface area contributed by atoms with Gasteiger partial charge >= 0.3 is 17.9 Å². The number of hydrogen-bond donors (Lipinski definition) is 2. The zero-order chi connectivity index (χ0) is 10.9. The van der Waals surface area contributed by atoms with Gasteiger partial charge in [0.25, 0.3) is 0 Å². The highest BCUT2D eigenvalue weighted by atomic mass is 16.6. The van der Waals surface area contributed by atoms with Crippen molar-refractivity contribution in [1.29, 1.82) is 0 Å². The number of carbonyl (C=O) groups is 3. The summed E-state index contributed by atoms with van der Waals surface area (Å²) in [6, 6.07) is 0. The number of aliphatic carboxylic acids is 2. The fourth-order valence-corrected chi connectivity index (χ4v) is 1.48. The Bertz CT molecular complexity index is 284. The predicted octanol–water partition coefficient (Wildman–Crippen LogP) is -0.277. The number of carboxylic acid groups (broad SMARTS) is 2. The van der Waals surface area contributed by atoms with Crippen LogP contribution in [-0.4, -0.2) is 34.2 Å². The summed E-state index contributed by atoms with van der Waals surface area (Å²) in [5, 5.41) is 17.2. The molecule has 2 N–H and O–H groups in total. The zero-order valence-electron chi connectivity index (χ0n) is 7.47.